The molecule has 0 saturated carbocycles. The van der Waals surface area contributed by atoms with Crippen LogP contribution in [0.25, 0.3) is 11.3 Å². The minimum Gasteiger partial charge on any atom is -0.496 e. The summed E-state index contributed by atoms with van der Waals surface area (Å²) in [5, 5.41) is 10.0. The lowest BCUT2D eigenvalue weighted by molar-refractivity contribution is 0.0702. The first-order chi connectivity index (χ1) is 8.67. The fourth-order valence-electron chi connectivity index (χ4n) is 1.68. The molecule has 0 unspecified atom stereocenters. The predicted octanol–water partition coefficient (Wildman–Crippen LogP) is 3.08. The Labute approximate surface area is 109 Å². The van der Waals surface area contributed by atoms with Crippen molar-refractivity contribution < 1.29 is 14.6 Å². The van der Waals surface area contributed by atoms with Gasteiger partial charge in [0.25, 0.3) is 0 Å². The molecule has 5 heteroatoms. The maximum atomic E-state index is 11.3. The number of aryl methyl sites for hydroxylation is 1. The molecule has 0 amide bonds. The fourth-order valence-corrected chi connectivity index (χ4v) is 2.54. The molecule has 0 aliphatic rings. The van der Waals surface area contributed by atoms with Gasteiger partial charge in [-0.2, -0.15) is 0 Å². The maximum Gasteiger partial charge on any atom is 0.348 e. The van der Waals surface area contributed by atoms with Crippen molar-refractivity contribution in [1.82, 2.24) is 4.98 Å². The Morgan fingerprint density at radius 2 is 2.17 bits per heavy atom. The molecule has 0 fully saturated rings. The Bertz CT molecular complexity index is 577. The summed E-state index contributed by atoms with van der Waals surface area (Å²) >= 11 is 1.22. The Morgan fingerprint density at radius 1 is 1.44 bits per heavy atom. The van der Waals surface area contributed by atoms with Crippen molar-refractivity contribution >= 4 is 17.3 Å². The van der Waals surface area contributed by atoms with E-state index in [1.165, 1.54) is 11.3 Å². The van der Waals surface area contributed by atoms with Crippen LogP contribution in [0.15, 0.2) is 24.3 Å². The number of hydrogen-bond acceptors (Lipinski definition) is 4. The SMILES string of the molecule is CCc1nc(-c2ccccc2OC)c(C(=O)O)s1. The summed E-state index contributed by atoms with van der Waals surface area (Å²) < 4.78 is 5.25. The summed E-state index contributed by atoms with van der Waals surface area (Å²) in [6.45, 7) is 1.95. The second-order valence-electron chi connectivity index (χ2n) is 3.64. The largest absolute Gasteiger partial charge is 0.496 e. The fraction of sp³-hybridized carbons (Fsp3) is 0.231. The van der Waals surface area contributed by atoms with E-state index in [0.717, 1.165) is 11.4 Å². The van der Waals surface area contributed by atoms with Gasteiger partial charge in [0.2, 0.25) is 0 Å². The topological polar surface area (TPSA) is 59.4 Å². The van der Waals surface area contributed by atoms with Crippen molar-refractivity contribution in [1.29, 1.82) is 0 Å². The smallest absolute Gasteiger partial charge is 0.348 e. The first-order valence-electron chi connectivity index (χ1n) is 5.53. The molecule has 0 aliphatic carbocycles. The van der Waals surface area contributed by atoms with Crippen molar-refractivity contribution in [2.75, 3.05) is 7.11 Å². The van der Waals surface area contributed by atoms with E-state index in [0.29, 0.717) is 17.0 Å². The van der Waals surface area contributed by atoms with Crippen molar-refractivity contribution in [3.05, 3.63) is 34.2 Å². The number of hydrogen-bond donors (Lipinski definition) is 1. The predicted molar refractivity (Wildman–Crippen MR) is 70.4 cm³/mol. The number of para-hydroxylation sites is 1. The summed E-state index contributed by atoms with van der Waals surface area (Å²) in [6.07, 6.45) is 0.722. The van der Waals surface area contributed by atoms with E-state index >= 15 is 0 Å². The molecule has 0 aliphatic heterocycles. The summed E-state index contributed by atoms with van der Waals surface area (Å²) in [4.78, 5) is 15.9. The molecule has 4 nitrogen and oxygen atoms in total. The molecule has 0 bridgehead atoms. The second-order valence-corrected chi connectivity index (χ2v) is 4.73. The van der Waals surface area contributed by atoms with Gasteiger partial charge in [-0.1, -0.05) is 19.1 Å². The molecule has 2 rings (SSSR count). The number of thiazole rings is 1. The Balaban J connectivity index is 2.62. The van der Waals surface area contributed by atoms with Gasteiger partial charge >= 0.3 is 5.97 Å². The summed E-state index contributed by atoms with van der Waals surface area (Å²) in [7, 11) is 1.56. The Kier molecular flexibility index (Phi) is 3.62. The van der Waals surface area contributed by atoms with Gasteiger partial charge in [0, 0.05) is 5.56 Å². The molecule has 0 saturated heterocycles. The molecule has 0 spiro atoms. The molecular formula is C13H13NO3S. The van der Waals surface area contributed by atoms with Crippen LogP contribution in [-0.4, -0.2) is 23.2 Å². The van der Waals surface area contributed by atoms with Crippen LogP contribution in [0.2, 0.25) is 0 Å². The van der Waals surface area contributed by atoms with Crippen molar-refractivity contribution in [3.63, 3.8) is 0 Å². The van der Waals surface area contributed by atoms with E-state index in [1.807, 2.05) is 25.1 Å². The lowest BCUT2D eigenvalue weighted by atomic mass is 10.1. The van der Waals surface area contributed by atoms with Crippen LogP contribution >= 0.6 is 11.3 Å². The van der Waals surface area contributed by atoms with Crippen LogP contribution in [0, 0.1) is 0 Å². The molecule has 1 aromatic carbocycles. The van der Waals surface area contributed by atoms with E-state index in [2.05, 4.69) is 4.98 Å². The number of carbonyl (C=O) groups is 1. The highest BCUT2D eigenvalue weighted by Gasteiger charge is 2.20. The molecule has 0 atom stereocenters. The van der Waals surface area contributed by atoms with E-state index in [1.54, 1.807) is 13.2 Å². The molecule has 1 aromatic heterocycles. The van der Waals surface area contributed by atoms with Crippen molar-refractivity contribution in [3.8, 4) is 17.0 Å². The number of rotatable bonds is 4. The molecular weight excluding hydrogens is 250 g/mol. The minimum atomic E-state index is -0.951. The van der Waals surface area contributed by atoms with Gasteiger partial charge in [-0.3, -0.25) is 0 Å². The van der Waals surface area contributed by atoms with Gasteiger partial charge in [-0.05, 0) is 18.6 Å². The lowest BCUT2D eigenvalue weighted by Gasteiger charge is -2.06. The van der Waals surface area contributed by atoms with Crippen LogP contribution < -0.4 is 4.74 Å². The first kappa shape index (κ1) is 12.6. The number of methoxy groups -OCH3 is 1. The third-order valence-electron chi connectivity index (χ3n) is 2.53. The second kappa shape index (κ2) is 5.18. The highest BCUT2D eigenvalue weighted by Crippen LogP contribution is 2.34. The number of nitrogens with zero attached hydrogens (tertiary/aromatic N) is 1. The molecule has 1 heterocycles. The van der Waals surface area contributed by atoms with Crippen LogP contribution in [0.3, 0.4) is 0 Å². The van der Waals surface area contributed by atoms with Gasteiger partial charge in [0.15, 0.2) is 0 Å². The molecule has 0 radical (unpaired) electrons. The first-order valence-corrected chi connectivity index (χ1v) is 6.35. The van der Waals surface area contributed by atoms with E-state index in [4.69, 9.17) is 4.74 Å². The molecule has 1 N–H and O–H groups in total. The minimum absolute atomic E-state index is 0.261. The van der Waals surface area contributed by atoms with E-state index in [9.17, 15) is 9.90 Å². The number of benzene rings is 1. The summed E-state index contributed by atoms with van der Waals surface area (Å²) in [5.74, 6) is -0.318. The standard InChI is InChI=1S/C13H13NO3S/c1-3-10-14-11(12(18-10)13(15)16)8-6-4-5-7-9(8)17-2/h4-7H,3H2,1-2H3,(H,15,16). The van der Waals surface area contributed by atoms with E-state index in [-0.39, 0.29) is 4.88 Å². The zero-order chi connectivity index (χ0) is 13.1. The average molecular weight is 263 g/mol. The number of aromatic carboxylic acids is 1. The number of ether oxygens (including phenoxy) is 1. The highest BCUT2D eigenvalue weighted by molar-refractivity contribution is 7.14. The van der Waals surface area contributed by atoms with Gasteiger partial charge in [0.05, 0.1) is 17.8 Å². The van der Waals surface area contributed by atoms with Crippen molar-refractivity contribution in [2.24, 2.45) is 0 Å². The van der Waals surface area contributed by atoms with E-state index < -0.39 is 5.97 Å². The van der Waals surface area contributed by atoms with Crippen LogP contribution in [-0.2, 0) is 6.42 Å². The monoisotopic (exact) mass is 263 g/mol. The third kappa shape index (κ3) is 2.22. The van der Waals surface area contributed by atoms with Crippen LogP contribution in [0.5, 0.6) is 5.75 Å². The van der Waals surface area contributed by atoms with Crippen LogP contribution in [0.4, 0.5) is 0 Å². The molecule has 94 valence electrons. The highest BCUT2D eigenvalue weighted by atomic mass is 32.1. The average Bonchev–Trinajstić information content (AvgIpc) is 2.83. The van der Waals surface area contributed by atoms with Gasteiger partial charge < -0.3 is 9.84 Å². The zero-order valence-electron chi connectivity index (χ0n) is 10.1. The molecule has 18 heavy (non-hydrogen) atoms. The normalized spacial score (nSPS) is 10.3. The van der Waals surface area contributed by atoms with Gasteiger partial charge in [0.1, 0.15) is 10.6 Å². The van der Waals surface area contributed by atoms with Crippen LogP contribution in [0.1, 0.15) is 21.6 Å². The maximum absolute atomic E-state index is 11.3. The quantitative estimate of drug-likeness (QED) is 0.920. The third-order valence-corrected chi connectivity index (χ3v) is 3.72. The number of carboxylic acid groups (broad SMARTS) is 1. The van der Waals surface area contributed by atoms with Gasteiger partial charge in [-0.15, -0.1) is 11.3 Å². The Hall–Kier alpha value is -1.88. The van der Waals surface area contributed by atoms with Gasteiger partial charge in [-0.25, -0.2) is 9.78 Å². The summed E-state index contributed by atoms with van der Waals surface area (Å²) in [5.41, 5.74) is 1.20. The summed E-state index contributed by atoms with van der Waals surface area (Å²) in [6, 6.07) is 7.30. The number of aromatic nitrogens is 1. The molecule has 2 aromatic rings. The van der Waals surface area contributed by atoms with Crippen molar-refractivity contribution in [2.45, 2.75) is 13.3 Å². The lowest BCUT2D eigenvalue weighted by Crippen LogP contribution is -1.97. The zero-order valence-corrected chi connectivity index (χ0v) is 11.0. The number of carboxylic acids is 1. The Morgan fingerprint density at radius 3 is 2.78 bits per heavy atom.